The highest BCUT2D eigenvalue weighted by Crippen LogP contribution is 2.55. The highest BCUT2D eigenvalue weighted by molar-refractivity contribution is 6.31. The molecule has 46 heavy (non-hydrogen) atoms. The van der Waals surface area contributed by atoms with Crippen LogP contribution in [0.3, 0.4) is 0 Å². The van der Waals surface area contributed by atoms with Crippen molar-refractivity contribution in [1.82, 2.24) is 15.1 Å². The molecule has 1 aromatic carbocycles. The third kappa shape index (κ3) is 9.59. The highest BCUT2D eigenvalue weighted by Gasteiger charge is 2.64. The molecule has 1 N–H and O–H groups in total. The van der Waals surface area contributed by atoms with E-state index >= 15 is 0 Å². The average molecular weight is 654 g/mol. The van der Waals surface area contributed by atoms with Crippen molar-refractivity contribution in [1.29, 1.82) is 5.26 Å². The number of halogens is 1. The smallest absolute Gasteiger partial charge is 0.410 e. The Kier molecular flexibility index (Phi) is 12.5. The monoisotopic (exact) mass is 653 g/mol. The van der Waals surface area contributed by atoms with E-state index < -0.39 is 5.60 Å². The van der Waals surface area contributed by atoms with Crippen molar-refractivity contribution in [3.05, 3.63) is 52.2 Å². The predicted molar refractivity (Wildman–Crippen MR) is 184 cm³/mol. The first-order valence-corrected chi connectivity index (χ1v) is 16.6. The molecule has 1 aromatic rings. The van der Waals surface area contributed by atoms with Crippen molar-refractivity contribution in [3.8, 4) is 11.8 Å². The lowest BCUT2D eigenvalue weighted by molar-refractivity contribution is -0.172. The van der Waals surface area contributed by atoms with Gasteiger partial charge in [0.05, 0.1) is 10.6 Å². The first-order valence-electron chi connectivity index (χ1n) is 16.2. The van der Waals surface area contributed by atoms with Crippen molar-refractivity contribution >= 4 is 30.3 Å². The van der Waals surface area contributed by atoms with Crippen molar-refractivity contribution in [2.24, 2.45) is 15.8 Å². The van der Waals surface area contributed by atoms with Gasteiger partial charge in [0, 0.05) is 60.4 Å². The van der Waals surface area contributed by atoms with E-state index in [1.165, 1.54) is 0 Å². The molecule has 1 saturated carbocycles. The van der Waals surface area contributed by atoms with Crippen LogP contribution in [0.25, 0.3) is 0 Å². The molecule has 1 aliphatic heterocycles. The summed E-state index contributed by atoms with van der Waals surface area (Å²) in [7, 11) is 0. The topological polar surface area (TPSA) is 107 Å². The zero-order valence-electron chi connectivity index (χ0n) is 28.9. The number of nitrogens with one attached hydrogen (secondary N) is 1. The summed E-state index contributed by atoms with van der Waals surface area (Å²) >= 11 is 6.21. The zero-order chi connectivity index (χ0) is 34.3. The molecule has 2 fully saturated rings. The number of rotatable bonds is 12. The quantitative estimate of drug-likeness (QED) is 0.111. The molecule has 0 radical (unpaired) electrons. The molecule has 0 atom stereocenters. The summed E-state index contributed by atoms with van der Waals surface area (Å²) in [5, 5.41) is 12.7. The SMILES string of the molecule is C=N/C(=C\C=C(/C)C(=O)NC1C(C)(C)C(Oc2ccc(C#N)c(Cl)c2)C1(C)C)CCCCCN1CCN(C(=O)OC(C)(C)C)CC1. The molecule has 3 rings (SSSR count). The number of hydrogen-bond acceptors (Lipinski definition) is 7. The summed E-state index contributed by atoms with van der Waals surface area (Å²) in [5.41, 5.74) is 0.711. The van der Waals surface area contributed by atoms with Gasteiger partial charge < -0.3 is 19.7 Å². The van der Waals surface area contributed by atoms with E-state index in [-0.39, 0.29) is 35.0 Å². The minimum atomic E-state index is -0.473. The molecule has 252 valence electrons. The highest BCUT2D eigenvalue weighted by atomic mass is 35.5. The zero-order valence-corrected chi connectivity index (χ0v) is 29.7. The van der Waals surface area contributed by atoms with Crippen LogP contribution in [-0.2, 0) is 9.53 Å². The van der Waals surface area contributed by atoms with E-state index in [4.69, 9.17) is 26.3 Å². The van der Waals surface area contributed by atoms with Gasteiger partial charge in [-0.05, 0) is 78.4 Å². The molecular weight excluding hydrogens is 602 g/mol. The van der Waals surface area contributed by atoms with Gasteiger partial charge in [-0.3, -0.25) is 14.7 Å². The van der Waals surface area contributed by atoms with Crippen LogP contribution >= 0.6 is 11.6 Å². The van der Waals surface area contributed by atoms with Crippen LogP contribution in [0, 0.1) is 22.2 Å². The lowest BCUT2D eigenvalue weighted by atomic mass is 9.49. The number of ether oxygens (including phenoxy) is 2. The Labute approximate surface area is 280 Å². The third-order valence-electron chi connectivity index (χ3n) is 8.95. The molecule has 9 nitrogen and oxygen atoms in total. The van der Waals surface area contributed by atoms with Gasteiger partial charge in [0.15, 0.2) is 0 Å². The Bertz CT molecular complexity index is 1350. The molecule has 2 amide bonds. The molecule has 0 spiro atoms. The minimum absolute atomic E-state index is 0.115. The van der Waals surface area contributed by atoms with E-state index in [9.17, 15) is 9.59 Å². The number of aliphatic imine (C=N–C) groups is 1. The van der Waals surface area contributed by atoms with Gasteiger partial charge in [-0.25, -0.2) is 4.79 Å². The second kappa shape index (κ2) is 15.5. The molecule has 1 heterocycles. The Morgan fingerprint density at radius 3 is 2.33 bits per heavy atom. The van der Waals surface area contributed by atoms with Crippen LogP contribution < -0.4 is 10.1 Å². The van der Waals surface area contributed by atoms with Crippen LogP contribution in [0.1, 0.15) is 86.6 Å². The van der Waals surface area contributed by atoms with Gasteiger partial charge in [-0.15, -0.1) is 0 Å². The number of amides is 2. The number of nitriles is 1. The molecule has 0 bridgehead atoms. The summed E-state index contributed by atoms with van der Waals surface area (Å²) in [6.45, 7) is 23.7. The number of unbranched alkanes of at least 4 members (excludes halogenated alkanes) is 2. The van der Waals surface area contributed by atoms with Gasteiger partial charge in [-0.1, -0.05) is 51.8 Å². The lowest BCUT2D eigenvalue weighted by Crippen LogP contribution is -2.74. The maximum absolute atomic E-state index is 13.2. The average Bonchev–Trinajstić information content (AvgIpc) is 2.98. The summed E-state index contributed by atoms with van der Waals surface area (Å²) in [6, 6.07) is 7.02. The van der Waals surface area contributed by atoms with Crippen LogP contribution in [-0.4, -0.2) is 79.0 Å². The number of benzene rings is 1. The van der Waals surface area contributed by atoms with E-state index in [1.807, 2.05) is 32.9 Å². The first-order chi connectivity index (χ1) is 21.5. The van der Waals surface area contributed by atoms with Crippen LogP contribution in [0.4, 0.5) is 4.79 Å². The second-order valence-electron chi connectivity index (χ2n) is 14.6. The molecule has 2 aliphatic rings. The lowest BCUT2D eigenvalue weighted by Gasteiger charge is -2.63. The number of hydrogen-bond donors (Lipinski definition) is 1. The Hall–Kier alpha value is -3.35. The van der Waals surface area contributed by atoms with Crippen molar-refractivity contribution in [3.63, 3.8) is 0 Å². The fraction of sp³-hybridized carbons (Fsp3) is 0.611. The van der Waals surface area contributed by atoms with Gasteiger partial charge in [0.2, 0.25) is 5.91 Å². The summed E-state index contributed by atoms with van der Waals surface area (Å²) in [6.07, 6.45) is 7.21. The van der Waals surface area contributed by atoms with Crippen LogP contribution in [0.2, 0.25) is 5.02 Å². The number of piperazine rings is 1. The summed E-state index contributed by atoms with van der Waals surface area (Å²) < 4.78 is 11.8. The molecule has 0 unspecified atom stereocenters. The fourth-order valence-corrected chi connectivity index (χ4v) is 6.86. The first kappa shape index (κ1) is 37.1. The second-order valence-corrected chi connectivity index (χ2v) is 15.0. The summed E-state index contributed by atoms with van der Waals surface area (Å²) in [4.78, 5) is 33.8. The molecule has 1 aliphatic carbocycles. The number of carbonyl (C=O) groups excluding carboxylic acids is 2. The number of nitrogens with zero attached hydrogens (tertiary/aromatic N) is 4. The summed E-state index contributed by atoms with van der Waals surface area (Å²) in [5.74, 6) is 0.473. The third-order valence-corrected chi connectivity index (χ3v) is 9.26. The van der Waals surface area contributed by atoms with Gasteiger partial charge in [0.1, 0.15) is 23.5 Å². The van der Waals surface area contributed by atoms with Crippen molar-refractivity contribution in [2.75, 3.05) is 32.7 Å². The predicted octanol–water partition coefficient (Wildman–Crippen LogP) is 7.15. The maximum atomic E-state index is 13.2. The van der Waals surface area contributed by atoms with Crippen molar-refractivity contribution < 1.29 is 19.1 Å². The van der Waals surface area contributed by atoms with Gasteiger partial charge >= 0.3 is 6.09 Å². The largest absolute Gasteiger partial charge is 0.489 e. The van der Waals surface area contributed by atoms with E-state index in [2.05, 4.69) is 55.7 Å². The molecular formula is C36H52ClN5O4. The number of allylic oxidation sites excluding steroid dienone is 3. The molecule has 1 saturated heterocycles. The van der Waals surface area contributed by atoms with Gasteiger partial charge in [-0.2, -0.15) is 5.26 Å². The minimum Gasteiger partial charge on any atom is -0.489 e. The van der Waals surface area contributed by atoms with E-state index in [0.29, 0.717) is 35.0 Å². The van der Waals surface area contributed by atoms with Gasteiger partial charge in [0.25, 0.3) is 0 Å². The molecule has 10 heteroatoms. The normalized spacial score (nSPS) is 21.5. The Morgan fingerprint density at radius 2 is 1.76 bits per heavy atom. The maximum Gasteiger partial charge on any atom is 0.410 e. The van der Waals surface area contributed by atoms with Crippen molar-refractivity contribution in [2.45, 2.75) is 98.8 Å². The van der Waals surface area contributed by atoms with E-state index in [1.54, 1.807) is 30.0 Å². The number of carbonyl (C=O) groups is 2. The molecule has 0 aromatic heterocycles. The standard InChI is InChI=1S/C36H52ClN5O4/c1-25(30(43)40-31-35(5,6)32(36(31,7)8)45-28-17-15-26(24-38)29(37)23-28)14-16-27(39-9)13-11-10-12-18-41-19-21-42(22-20-41)33(44)46-34(2,3)4/h14-17,23,31-32H,9-13,18-22H2,1-8H3,(H,40,43)/b25-14+,27-16-. The van der Waals surface area contributed by atoms with E-state index in [0.717, 1.165) is 51.0 Å². The Morgan fingerprint density at radius 1 is 1.11 bits per heavy atom. The van der Waals surface area contributed by atoms with Crippen LogP contribution in [0.15, 0.2) is 46.6 Å². The fourth-order valence-electron chi connectivity index (χ4n) is 6.65. The van der Waals surface area contributed by atoms with Crippen LogP contribution in [0.5, 0.6) is 5.75 Å². The Balaban J connectivity index is 1.43.